The van der Waals surface area contributed by atoms with Crippen molar-refractivity contribution >= 4 is 0 Å². The summed E-state index contributed by atoms with van der Waals surface area (Å²) in [6.45, 7) is 10.3. The summed E-state index contributed by atoms with van der Waals surface area (Å²) >= 11 is 0. The highest BCUT2D eigenvalue weighted by Crippen LogP contribution is 2.23. The summed E-state index contributed by atoms with van der Waals surface area (Å²) in [7, 11) is 2.26. The van der Waals surface area contributed by atoms with E-state index in [1.54, 1.807) is 0 Å². The van der Waals surface area contributed by atoms with E-state index in [0.717, 1.165) is 12.6 Å². The highest BCUT2D eigenvalue weighted by Gasteiger charge is 2.31. The van der Waals surface area contributed by atoms with E-state index in [2.05, 4.69) is 45.0 Å². The molecule has 1 aliphatic heterocycles. The van der Waals surface area contributed by atoms with E-state index in [1.807, 2.05) is 0 Å². The van der Waals surface area contributed by atoms with Gasteiger partial charge in [0, 0.05) is 24.2 Å². The number of nitrogens with zero attached hydrogens (tertiary/aromatic N) is 1. The Bertz CT molecular complexity index is 165. The molecule has 78 valence electrons. The lowest BCUT2D eigenvalue weighted by Gasteiger charge is -2.39. The zero-order valence-electron chi connectivity index (χ0n) is 9.72. The maximum atomic E-state index is 3.50. The lowest BCUT2D eigenvalue weighted by molar-refractivity contribution is 0.105. The maximum Gasteiger partial charge on any atom is 0.0237 e. The van der Waals surface area contributed by atoms with Gasteiger partial charge in [-0.15, -0.1) is 0 Å². The van der Waals surface area contributed by atoms with Gasteiger partial charge in [-0.1, -0.05) is 6.92 Å². The fraction of sp³-hybridized carbons (Fsp3) is 1.00. The van der Waals surface area contributed by atoms with Crippen molar-refractivity contribution in [3.8, 4) is 0 Å². The van der Waals surface area contributed by atoms with Gasteiger partial charge in [-0.25, -0.2) is 0 Å². The molecule has 2 nitrogen and oxygen atoms in total. The van der Waals surface area contributed by atoms with Crippen LogP contribution in [0.25, 0.3) is 0 Å². The van der Waals surface area contributed by atoms with Gasteiger partial charge in [0.15, 0.2) is 0 Å². The topological polar surface area (TPSA) is 15.3 Å². The van der Waals surface area contributed by atoms with Gasteiger partial charge in [0.05, 0.1) is 0 Å². The number of hydrogen-bond acceptors (Lipinski definition) is 2. The number of nitrogens with one attached hydrogen (secondary N) is 1. The minimum Gasteiger partial charge on any atom is -0.313 e. The van der Waals surface area contributed by atoms with Crippen LogP contribution in [0.15, 0.2) is 0 Å². The molecule has 1 heterocycles. The van der Waals surface area contributed by atoms with Gasteiger partial charge in [-0.2, -0.15) is 0 Å². The third-order valence-corrected chi connectivity index (χ3v) is 3.70. The summed E-state index contributed by atoms with van der Waals surface area (Å²) in [4.78, 5) is 2.53. The average molecular weight is 184 g/mol. The highest BCUT2D eigenvalue weighted by molar-refractivity contribution is 4.90. The maximum absolute atomic E-state index is 3.50. The standard InChI is InChI=1S/C11H24N2/c1-6-11(3,4)13(5)10-7-9(2)12-8-10/h9-10,12H,6-8H2,1-5H3. The number of rotatable bonds is 3. The van der Waals surface area contributed by atoms with Crippen LogP contribution in [-0.4, -0.2) is 36.1 Å². The molecule has 0 aliphatic carbocycles. The van der Waals surface area contributed by atoms with Gasteiger partial charge in [-0.05, 0) is 40.7 Å². The molecule has 0 amide bonds. The first-order valence-corrected chi connectivity index (χ1v) is 5.43. The summed E-state index contributed by atoms with van der Waals surface area (Å²) in [5, 5.41) is 3.50. The molecule has 2 heteroatoms. The van der Waals surface area contributed by atoms with Gasteiger partial charge in [0.2, 0.25) is 0 Å². The van der Waals surface area contributed by atoms with E-state index in [-0.39, 0.29) is 0 Å². The summed E-state index contributed by atoms with van der Waals surface area (Å²) in [5.74, 6) is 0. The van der Waals surface area contributed by atoms with Crippen LogP contribution in [0, 0.1) is 0 Å². The molecule has 2 unspecified atom stereocenters. The van der Waals surface area contributed by atoms with Gasteiger partial charge in [0.25, 0.3) is 0 Å². The van der Waals surface area contributed by atoms with Gasteiger partial charge >= 0.3 is 0 Å². The molecular formula is C11H24N2. The van der Waals surface area contributed by atoms with Crippen LogP contribution in [0.3, 0.4) is 0 Å². The molecule has 0 radical (unpaired) electrons. The van der Waals surface area contributed by atoms with Crippen LogP contribution >= 0.6 is 0 Å². The second-order valence-corrected chi connectivity index (χ2v) is 4.98. The van der Waals surface area contributed by atoms with E-state index in [1.165, 1.54) is 12.8 Å². The third-order valence-electron chi connectivity index (χ3n) is 3.70. The highest BCUT2D eigenvalue weighted by atomic mass is 15.2. The molecule has 1 N–H and O–H groups in total. The molecule has 0 aromatic carbocycles. The van der Waals surface area contributed by atoms with Crippen LogP contribution in [0.2, 0.25) is 0 Å². The predicted octanol–water partition coefficient (Wildman–Crippen LogP) is 1.86. The lowest BCUT2D eigenvalue weighted by atomic mass is 9.97. The molecule has 2 atom stereocenters. The van der Waals surface area contributed by atoms with E-state index in [4.69, 9.17) is 0 Å². The van der Waals surface area contributed by atoms with Crippen molar-refractivity contribution in [2.45, 2.75) is 58.2 Å². The first-order chi connectivity index (χ1) is 5.97. The Balaban J connectivity index is 2.52. The lowest BCUT2D eigenvalue weighted by Crippen LogP contribution is -2.47. The number of hydrogen-bond donors (Lipinski definition) is 1. The molecule has 1 saturated heterocycles. The normalized spacial score (nSPS) is 30.0. The Kier molecular flexibility index (Phi) is 3.36. The van der Waals surface area contributed by atoms with E-state index < -0.39 is 0 Å². The van der Waals surface area contributed by atoms with Crippen molar-refractivity contribution in [2.24, 2.45) is 0 Å². The van der Waals surface area contributed by atoms with E-state index in [0.29, 0.717) is 11.6 Å². The zero-order chi connectivity index (χ0) is 10.1. The van der Waals surface area contributed by atoms with Crippen LogP contribution in [-0.2, 0) is 0 Å². The van der Waals surface area contributed by atoms with Crippen molar-refractivity contribution in [3.63, 3.8) is 0 Å². The molecule has 1 aliphatic rings. The largest absolute Gasteiger partial charge is 0.313 e. The average Bonchev–Trinajstić information content (AvgIpc) is 2.50. The fourth-order valence-electron chi connectivity index (χ4n) is 1.95. The SMILES string of the molecule is CCC(C)(C)N(C)C1CNC(C)C1. The Morgan fingerprint density at radius 1 is 1.46 bits per heavy atom. The fourth-order valence-corrected chi connectivity index (χ4v) is 1.95. The predicted molar refractivity (Wildman–Crippen MR) is 58.0 cm³/mol. The van der Waals surface area contributed by atoms with Crippen LogP contribution in [0.4, 0.5) is 0 Å². The van der Waals surface area contributed by atoms with Crippen molar-refractivity contribution in [3.05, 3.63) is 0 Å². The van der Waals surface area contributed by atoms with Gasteiger partial charge in [-0.3, -0.25) is 4.90 Å². The molecule has 1 fully saturated rings. The second-order valence-electron chi connectivity index (χ2n) is 4.98. The summed E-state index contributed by atoms with van der Waals surface area (Å²) < 4.78 is 0. The molecular weight excluding hydrogens is 160 g/mol. The minimum atomic E-state index is 0.344. The van der Waals surface area contributed by atoms with Crippen molar-refractivity contribution in [2.75, 3.05) is 13.6 Å². The van der Waals surface area contributed by atoms with Crippen LogP contribution < -0.4 is 5.32 Å². The Morgan fingerprint density at radius 3 is 2.46 bits per heavy atom. The van der Waals surface area contributed by atoms with E-state index >= 15 is 0 Å². The molecule has 0 spiro atoms. The monoisotopic (exact) mass is 184 g/mol. The second kappa shape index (κ2) is 3.97. The van der Waals surface area contributed by atoms with Gasteiger partial charge < -0.3 is 5.32 Å². The summed E-state index contributed by atoms with van der Waals surface area (Å²) in [5.41, 5.74) is 0.344. The Morgan fingerprint density at radius 2 is 2.08 bits per heavy atom. The third kappa shape index (κ3) is 2.44. The van der Waals surface area contributed by atoms with Crippen molar-refractivity contribution < 1.29 is 0 Å². The van der Waals surface area contributed by atoms with Crippen LogP contribution in [0.1, 0.15) is 40.5 Å². The summed E-state index contributed by atoms with van der Waals surface area (Å²) in [6.07, 6.45) is 2.51. The molecule has 0 aromatic heterocycles. The van der Waals surface area contributed by atoms with E-state index in [9.17, 15) is 0 Å². The quantitative estimate of drug-likeness (QED) is 0.720. The van der Waals surface area contributed by atoms with Crippen LogP contribution in [0.5, 0.6) is 0 Å². The minimum absolute atomic E-state index is 0.344. The number of likely N-dealkylation sites (N-methyl/N-ethyl adjacent to an activating group) is 1. The molecule has 1 rings (SSSR count). The smallest absolute Gasteiger partial charge is 0.0237 e. The molecule has 0 aromatic rings. The summed E-state index contributed by atoms with van der Waals surface area (Å²) in [6, 6.07) is 1.42. The van der Waals surface area contributed by atoms with Gasteiger partial charge in [0.1, 0.15) is 0 Å². The molecule has 0 saturated carbocycles. The first kappa shape index (κ1) is 11.0. The first-order valence-electron chi connectivity index (χ1n) is 5.43. The van der Waals surface area contributed by atoms with Crippen molar-refractivity contribution in [1.82, 2.24) is 10.2 Å². The van der Waals surface area contributed by atoms with Crippen molar-refractivity contribution in [1.29, 1.82) is 0 Å². The zero-order valence-corrected chi connectivity index (χ0v) is 9.72. The Hall–Kier alpha value is -0.0800. The molecule has 13 heavy (non-hydrogen) atoms. The molecule has 0 bridgehead atoms. The Labute approximate surface area is 82.7 Å².